The van der Waals surface area contributed by atoms with E-state index >= 15 is 0 Å². The van der Waals surface area contributed by atoms with Crippen LogP contribution >= 0.6 is 0 Å². The molecule has 0 aromatic carbocycles. The van der Waals surface area contributed by atoms with Crippen molar-refractivity contribution in [3.05, 3.63) is 0 Å². The Morgan fingerprint density at radius 3 is 2.52 bits per heavy atom. The number of ether oxygens (including phenoxy) is 1. The lowest BCUT2D eigenvalue weighted by atomic mass is 10.1. The Morgan fingerprint density at radius 1 is 1.26 bits per heavy atom. The van der Waals surface area contributed by atoms with Crippen LogP contribution in [0.3, 0.4) is 0 Å². The molecule has 1 heterocycles. The molecular formula is C18H37N3O2. The summed E-state index contributed by atoms with van der Waals surface area (Å²) in [5, 5.41) is 6.61. The van der Waals surface area contributed by atoms with Crippen LogP contribution in [0.1, 0.15) is 67.2 Å². The van der Waals surface area contributed by atoms with Crippen molar-refractivity contribution in [2.24, 2.45) is 0 Å². The van der Waals surface area contributed by atoms with Crippen LogP contribution < -0.4 is 10.6 Å². The van der Waals surface area contributed by atoms with E-state index in [1.54, 1.807) is 0 Å². The van der Waals surface area contributed by atoms with Crippen molar-refractivity contribution in [3.8, 4) is 0 Å². The van der Waals surface area contributed by atoms with Crippen molar-refractivity contribution in [1.29, 1.82) is 0 Å². The second-order valence-corrected chi connectivity index (χ2v) is 7.92. The van der Waals surface area contributed by atoms with Crippen LogP contribution in [-0.2, 0) is 4.74 Å². The monoisotopic (exact) mass is 327 g/mol. The summed E-state index contributed by atoms with van der Waals surface area (Å²) in [5.74, 6) is 0. The third-order valence-electron chi connectivity index (χ3n) is 4.36. The maximum absolute atomic E-state index is 11.9. The summed E-state index contributed by atoms with van der Waals surface area (Å²) in [4.78, 5) is 14.4. The molecule has 2 unspecified atom stereocenters. The van der Waals surface area contributed by atoms with Gasteiger partial charge in [-0.2, -0.15) is 0 Å². The van der Waals surface area contributed by atoms with Gasteiger partial charge in [-0.15, -0.1) is 0 Å². The van der Waals surface area contributed by atoms with Gasteiger partial charge in [0.1, 0.15) is 5.60 Å². The lowest BCUT2D eigenvalue weighted by Crippen LogP contribution is -2.46. The van der Waals surface area contributed by atoms with Crippen LogP contribution in [0.2, 0.25) is 0 Å². The summed E-state index contributed by atoms with van der Waals surface area (Å²) in [5.41, 5.74) is -0.447. The number of hydrogen-bond donors (Lipinski definition) is 2. The average molecular weight is 328 g/mol. The molecule has 5 nitrogen and oxygen atoms in total. The number of hydrogen-bond acceptors (Lipinski definition) is 4. The van der Waals surface area contributed by atoms with E-state index in [0.29, 0.717) is 12.1 Å². The minimum absolute atomic E-state index is 0.120. The molecule has 0 saturated carbocycles. The summed E-state index contributed by atoms with van der Waals surface area (Å²) >= 11 is 0. The van der Waals surface area contributed by atoms with E-state index in [2.05, 4.69) is 36.3 Å². The van der Waals surface area contributed by atoms with Gasteiger partial charge in [0, 0.05) is 24.7 Å². The fraction of sp³-hybridized carbons (Fsp3) is 0.944. The van der Waals surface area contributed by atoms with Gasteiger partial charge in [-0.1, -0.05) is 6.92 Å². The number of nitrogens with one attached hydrogen (secondary N) is 2. The number of rotatable bonds is 6. The molecule has 0 bridgehead atoms. The molecule has 1 rings (SSSR count). The Bertz CT molecular complexity index is 353. The first-order valence-corrected chi connectivity index (χ1v) is 9.18. The van der Waals surface area contributed by atoms with Crippen LogP contribution in [0, 0.1) is 0 Å². The highest BCUT2D eigenvalue weighted by Gasteiger charge is 2.21. The second kappa shape index (κ2) is 9.48. The second-order valence-electron chi connectivity index (χ2n) is 7.92. The minimum atomic E-state index is -0.447. The topological polar surface area (TPSA) is 53.6 Å². The van der Waals surface area contributed by atoms with Crippen LogP contribution in [0.25, 0.3) is 0 Å². The zero-order valence-corrected chi connectivity index (χ0v) is 15.9. The van der Waals surface area contributed by atoms with Crippen molar-refractivity contribution in [2.75, 3.05) is 19.6 Å². The third kappa shape index (κ3) is 8.56. The Balaban J connectivity index is 2.35. The van der Waals surface area contributed by atoms with Crippen LogP contribution in [-0.4, -0.2) is 54.4 Å². The Morgan fingerprint density at radius 2 is 1.96 bits per heavy atom. The van der Waals surface area contributed by atoms with Gasteiger partial charge in [0.15, 0.2) is 0 Å². The molecule has 1 fully saturated rings. The SMILES string of the molecule is CCC(CNC1CCCN(C(C)C)CC1)NC(=O)OC(C)(C)C. The number of amides is 1. The number of likely N-dealkylation sites (tertiary alicyclic amines) is 1. The normalized spacial score (nSPS) is 21.8. The number of alkyl carbamates (subject to hydrolysis) is 1. The van der Waals surface area contributed by atoms with Gasteiger partial charge in [0.05, 0.1) is 0 Å². The molecule has 23 heavy (non-hydrogen) atoms. The number of carbonyl (C=O) groups excluding carboxylic acids is 1. The molecule has 136 valence electrons. The summed E-state index contributed by atoms with van der Waals surface area (Å²) in [6.07, 6.45) is 4.22. The van der Waals surface area contributed by atoms with Gasteiger partial charge in [0.2, 0.25) is 0 Å². The van der Waals surface area contributed by atoms with E-state index in [4.69, 9.17) is 4.74 Å². The van der Waals surface area contributed by atoms with E-state index in [9.17, 15) is 4.79 Å². The first-order chi connectivity index (χ1) is 10.7. The molecule has 2 atom stereocenters. The summed E-state index contributed by atoms with van der Waals surface area (Å²) < 4.78 is 5.34. The van der Waals surface area contributed by atoms with E-state index in [1.165, 1.54) is 25.8 Å². The molecular weight excluding hydrogens is 290 g/mol. The predicted molar refractivity (Wildman–Crippen MR) is 95.8 cm³/mol. The van der Waals surface area contributed by atoms with Gasteiger partial charge in [0.25, 0.3) is 0 Å². The van der Waals surface area contributed by atoms with Gasteiger partial charge >= 0.3 is 6.09 Å². The Hall–Kier alpha value is -0.810. The number of carbonyl (C=O) groups is 1. The first-order valence-electron chi connectivity index (χ1n) is 9.18. The zero-order valence-electron chi connectivity index (χ0n) is 15.9. The lowest BCUT2D eigenvalue weighted by molar-refractivity contribution is 0.0501. The van der Waals surface area contributed by atoms with E-state index < -0.39 is 5.60 Å². The third-order valence-corrected chi connectivity index (χ3v) is 4.36. The van der Waals surface area contributed by atoms with Crippen LogP contribution in [0.5, 0.6) is 0 Å². The molecule has 0 aromatic rings. The van der Waals surface area contributed by atoms with Crippen molar-refractivity contribution in [1.82, 2.24) is 15.5 Å². The largest absolute Gasteiger partial charge is 0.444 e. The lowest BCUT2D eigenvalue weighted by Gasteiger charge is -2.26. The van der Waals surface area contributed by atoms with Gasteiger partial charge in [-0.3, -0.25) is 0 Å². The van der Waals surface area contributed by atoms with Crippen molar-refractivity contribution in [2.45, 2.75) is 91.0 Å². The van der Waals surface area contributed by atoms with Gasteiger partial charge in [-0.05, 0) is 73.4 Å². The highest BCUT2D eigenvalue weighted by molar-refractivity contribution is 5.68. The fourth-order valence-corrected chi connectivity index (χ4v) is 2.92. The molecule has 0 aromatic heterocycles. The quantitative estimate of drug-likeness (QED) is 0.787. The smallest absolute Gasteiger partial charge is 0.407 e. The van der Waals surface area contributed by atoms with Crippen molar-refractivity contribution >= 4 is 6.09 Å². The summed E-state index contributed by atoms with van der Waals surface area (Å²) in [6, 6.07) is 1.30. The van der Waals surface area contributed by atoms with Crippen LogP contribution in [0.4, 0.5) is 4.79 Å². The highest BCUT2D eigenvalue weighted by atomic mass is 16.6. The van der Waals surface area contributed by atoms with Gasteiger partial charge in [-0.25, -0.2) is 4.79 Å². The van der Waals surface area contributed by atoms with Crippen LogP contribution in [0.15, 0.2) is 0 Å². The molecule has 0 aliphatic carbocycles. The summed E-state index contributed by atoms with van der Waals surface area (Å²) in [7, 11) is 0. The van der Waals surface area contributed by atoms with E-state index in [0.717, 1.165) is 19.5 Å². The average Bonchev–Trinajstić information content (AvgIpc) is 2.67. The first kappa shape index (κ1) is 20.2. The molecule has 1 saturated heterocycles. The fourth-order valence-electron chi connectivity index (χ4n) is 2.92. The minimum Gasteiger partial charge on any atom is -0.444 e. The standard InChI is InChI=1S/C18H37N3O2/c1-7-15(20-17(22)23-18(4,5)6)13-19-16-9-8-11-21(12-10-16)14(2)3/h14-16,19H,7-13H2,1-6H3,(H,20,22). The van der Waals surface area contributed by atoms with Gasteiger partial charge < -0.3 is 20.3 Å². The van der Waals surface area contributed by atoms with E-state index in [-0.39, 0.29) is 12.1 Å². The highest BCUT2D eigenvalue weighted by Crippen LogP contribution is 2.13. The maximum atomic E-state index is 11.9. The maximum Gasteiger partial charge on any atom is 0.407 e. The molecule has 2 N–H and O–H groups in total. The molecule has 0 radical (unpaired) electrons. The molecule has 5 heteroatoms. The zero-order chi connectivity index (χ0) is 17.5. The molecule has 1 amide bonds. The molecule has 0 spiro atoms. The number of nitrogens with zero attached hydrogens (tertiary/aromatic N) is 1. The summed E-state index contributed by atoms with van der Waals surface area (Å²) in [6.45, 7) is 15.5. The Kier molecular flexibility index (Phi) is 8.34. The van der Waals surface area contributed by atoms with Crippen molar-refractivity contribution < 1.29 is 9.53 Å². The van der Waals surface area contributed by atoms with E-state index in [1.807, 2.05) is 20.8 Å². The predicted octanol–water partition coefficient (Wildman–Crippen LogP) is 3.14. The molecule has 1 aliphatic heterocycles. The molecule has 1 aliphatic rings. The Labute approximate surface area is 142 Å². The van der Waals surface area contributed by atoms with Crippen molar-refractivity contribution in [3.63, 3.8) is 0 Å².